The summed E-state index contributed by atoms with van der Waals surface area (Å²) < 4.78 is 26.3. The molecule has 0 aliphatic rings. The zero-order valence-corrected chi connectivity index (χ0v) is 16.8. The summed E-state index contributed by atoms with van der Waals surface area (Å²) in [6.45, 7) is 6.35. The number of methoxy groups -OCH3 is 2. The van der Waals surface area contributed by atoms with Crippen molar-refractivity contribution in [1.82, 2.24) is 4.98 Å². The first-order valence-electron chi connectivity index (χ1n) is 7.73. The van der Waals surface area contributed by atoms with Gasteiger partial charge in [0, 0.05) is 23.2 Å². The largest absolute Gasteiger partial charge is 0.481 e. The summed E-state index contributed by atoms with van der Waals surface area (Å²) >= 11 is 2.33. The van der Waals surface area contributed by atoms with E-state index in [9.17, 15) is 4.39 Å². The Bertz CT molecular complexity index is 713. The number of aromatic nitrogens is 1. The van der Waals surface area contributed by atoms with Gasteiger partial charge in [-0.1, -0.05) is 61.6 Å². The Labute approximate surface area is 156 Å². The van der Waals surface area contributed by atoms with Gasteiger partial charge in [-0.25, -0.2) is 9.37 Å². The Hall–Kier alpha value is -1.21. The standard InChI is InChI=1S/C19H23FINO2/c1-19(2,3)18(24-5)15-8-12(10-21)6-7-13(15)14-9-17(23-4)22-11-16(14)20/h6-9,11,18H,10H2,1-5H3/t18-/m0/s1. The van der Waals surface area contributed by atoms with E-state index in [-0.39, 0.29) is 17.3 Å². The van der Waals surface area contributed by atoms with Crippen LogP contribution in [0.5, 0.6) is 5.88 Å². The fourth-order valence-corrected chi connectivity index (χ4v) is 3.32. The van der Waals surface area contributed by atoms with Gasteiger partial charge in [0.2, 0.25) is 5.88 Å². The fraction of sp³-hybridized carbons (Fsp3) is 0.421. The minimum Gasteiger partial charge on any atom is -0.481 e. The molecule has 1 atom stereocenters. The second-order valence-corrected chi connectivity index (χ2v) is 7.51. The van der Waals surface area contributed by atoms with Crippen molar-refractivity contribution in [1.29, 1.82) is 0 Å². The zero-order valence-electron chi connectivity index (χ0n) is 14.7. The molecular weight excluding hydrogens is 420 g/mol. The molecule has 2 aromatic rings. The van der Waals surface area contributed by atoms with Crippen LogP contribution in [0.3, 0.4) is 0 Å². The van der Waals surface area contributed by atoms with Crippen LogP contribution in [0, 0.1) is 11.2 Å². The lowest BCUT2D eigenvalue weighted by atomic mass is 9.81. The number of nitrogens with zero attached hydrogens (tertiary/aromatic N) is 1. The molecule has 0 N–H and O–H groups in total. The third-order valence-corrected chi connectivity index (χ3v) is 4.79. The van der Waals surface area contributed by atoms with Crippen LogP contribution >= 0.6 is 22.6 Å². The molecule has 5 heteroatoms. The first-order chi connectivity index (χ1) is 11.3. The van der Waals surface area contributed by atoms with Crippen LogP contribution in [-0.4, -0.2) is 19.2 Å². The van der Waals surface area contributed by atoms with Crippen molar-refractivity contribution in [2.24, 2.45) is 5.41 Å². The van der Waals surface area contributed by atoms with Crippen LogP contribution in [-0.2, 0) is 9.16 Å². The number of benzene rings is 1. The summed E-state index contributed by atoms with van der Waals surface area (Å²) in [7, 11) is 3.22. The Kier molecular flexibility index (Phi) is 6.20. The minimum absolute atomic E-state index is 0.124. The van der Waals surface area contributed by atoms with Crippen molar-refractivity contribution in [2.75, 3.05) is 14.2 Å². The van der Waals surface area contributed by atoms with E-state index in [0.717, 1.165) is 15.6 Å². The molecule has 130 valence electrons. The number of alkyl halides is 1. The molecule has 1 aromatic carbocycles. The monoisotopic (exact) mass is 443 g/mol. The normalized spacial score (nSPS) is 13.0. The van der Waals surface area contributed by atoms with Gasteiger partial charge in [-0.2, -0.15) is 0 Å². The second-order valence-electron chi connectivity index (χ2n) is 6.74. The van der Waals surface area contributed by atoms with Gasteiger partial charge in [0.15, 0.2) is 0 Å². The number of hydrogen-bond donors (Lipinski definition) is 0. The maximum Gasteiger partial charge on any atom is 0.213 e. The van der Waals surface area contributed by atoms with Crippen LogP contribution in [0.4, 0.5) is 4.39 Å². The van der Waals surface area contributed by atoms with E-state index in [4.69, 9.17) is 9.47 Å². The first-order valence-corrected chi connectivity index (χ1v) is 9.25. The molecule has 0 amide bonds. The molecule has 2 rings (SSSR count). The average molecular weight is 443 g/mol. The highest BCUT2D eigenvalue weighted by atomic mass is 127. The first kappa shape index (κ1) is 19.1. The Morgan fingerprint density at radius 3 is 2.42 bits per heavy atom. The fourth-order valence-electron chi connectivity index (χ4n) is 2.84. The molecule has 0 saturated carbocycles. The highest BCUT2D eigenvalue weighted by Gasteiger charge is 2.29. The highest BCUT2D eigenvalue weighted by molar-refractivity contribution is 14.1. The molecule has 0 fully saturated rings. The van der Waals surface area contributed by atoms with E-state index < -0.39 is 0 Å². The third kappa shape index (κ3) is 4.06. The molecule has 24 heavy (non-hydrogen) atoms. The predicted octanol–water partition coefficient (Wildman–Crippen LogP) is 5.56. The maximum absolute atomic E-state index is 14.5. The topological polar surface area (TPSA) is 31.4 Å². The molecule has 0 bridgehead atoms. The van der Waals surface area contributed by atoms with Crippen LogP contribution in [0.2, 0.25) is 0 Å². The predicted molar refractivity (Wildman–Crippen MR) is 103 cm³/mol. The van der Waals surface area contributed by atoms with E-state index in [2.05, 4.69) is 54.4 Å². The molecule has 0 radical (unpaired) electrons. The maximum atomic E-state index is 14.5. The van der Waals surface area contributed by atoms with E-state index >= 15 is 0 Å². The molecule has 1 aromatic heterocycles. The van der Waals surface area contributed by atoms with Gasteiger partial charge in [-0.05, 0) is 22.1 Å². The summed E-state index contributed by atoms with van der Waals surface area (Å²) in [5, 5.41) is 0. The lowest BCUT2D eigenvalue weighted by Crippen LogP contribution is -2.21. The van der Waals surface area contributed by atoms with Crippen LogP contribution < -0.4 is 4.74 Å². The number of hydrogen-bond acceptors (Lipinski definition) is 3. The van der Waals surface area contributed by atoms with Crippen LogP contribution in [0.25, 0.3) is 11.1 Å². The zero-order chi connectivity index (χ0) is 17.9. The van der Waals surface area contributed by atoms with Crippen molar-refractivity contribution in [3.05, 3.63) is 47.4 Å². The van der Waals surface area contributed by atoms with Crippen molar-refractivity contribution >= 4 is 22.6 Å². The molecule has 0 aliphatic heterocycles. The van der Waals surface area contributed by atoms with Gasteiger partial charge in [-0.15, -0.1) is 0 Å². The summed E-state index contributed by atoms with van der Waals surface area (Å²) in [4.78, 5) is 3.93. The Morgan fingerprint density at radius 2 is 1.88 bits per heavy atom. The molecule has 0 saturated heterocycles. The number of pyridine rings is 1. The molecule has 3 nitrogen and oxygen atoms in total. The van der Waals surface area contributed by atoms with Gasteiger partial charge >= 0.3 is 0 Å². The summed E-state index contributed by atoms with van der Waals surface area (Å²) in [5.74, 6) is 0.0167. The Balaban J connectivity index is 2.70. The van der Waals surface area contributed by atoms with Crippen LogP contribution in [0.1, 0.15) is 38.0 Å². The highest BCUT2D eigenvalue weighted by Crippen LogP contribution is 2.41. The molecular formula is C19H23FINO2. The van der Waals surface area contributed by atoms with E-state index in [0.29, 0.717) is 11.4 Å². The number of ether oxygens (including phenoxy) is 2. The Morgan fingerprint density at radius 1 is 1.17 bits per heavy atom. The van der Waals surface area contributed by atoms with Gasteiger partial charge in [0.1, 0.15) is 5.82 Å². The van der Waals surface area contributed by atoms with Gasteiger partial charge in [0.25, 0.3) is 0 Å². The van der Waals surface area contributed by atoms with Crippen molar-refractivity contribution in [2.45, 2.75) is 31.3 Å². The summed E-state index contributed by atoms with van der Waals surface area (Å²) in [6.07, 6.45) is 1.04. The second kappa shape index (κ2) is 7.78. The summed E-state index contributed by atoms with van der Waals surface area (Å²) in [5.41, 5.74) is 3.32. The molecule has 0 spiro atoms. The quantitative estimate of drug-likeness (QED) is 0.448. The molecule has 0 unspecified atom stereocenters. The molecule has 1 heterocycles. The SMILES string of the molecule is COc1cc(-c2ccc(CI)cc2[C@H](OC)C(C)(C)C)c(F)cn1. The van der Waals surface area contributed by atoms with E-state index in [1.165, 1.54) is 18.9 Å². The van der Waals surface area contributed by atoms with Gasteiger partial charge in [0.05, 0.1) is 19.4 Å². The van der Waals surface area contributed by atoms with Gasteiger partial charge < -0.3 is 9.47 Å². The van der Waals surface area contributed by atoms with E-state index in [1.807, 2.05) is 12.1 Å². The van der Waals surface area contributed by atoms with Gasteiger partial charge in [-0.3, -0.25) is 0 Å². The van der Waals surface area contributed by atoms with Crippen molar-refractivity contribution in [3.63, 3.8) is 0 Å². The molecule has 0 aliphatic carbocycles. The van der Waals surface area contributed by atoms with Crippen molar-refractivity contribution in [3.8, 4) is 17.0 Å². The van der Waals surface area contributed by atoms with E-state index in [1.54, 1.807) is 13.2 Å². The third-order valence-electron chi connectivity index (χ3n) is 3.90. The smallest absolute Gasteiger partial charge is 0.213 e. The van der Waals surface area contributed by atoms with Crippen molar-refractivity contribution < 1.29 is 13.9 Å². The number of rotatable bonds is 5. The lowest BCUT2D eigenvalue weighted by Gasteiger charge is -2.31. The minimum atomic E-state index is -0.372. The average Bonchev–Trinajstić information content (AvgIpc) is 2.55. The lowest BCUT2D eigenvalue weighted by molar-refractivity contribution is 0.0155. The number of halogens is 2. The summed E-state index contributed by atoms with van der Waals surface area (Å²) in [6, 6.07) is 7.72. The van der Waals surface area contributed by atoms with Crippen LogP contribution in [0.15, 0.2) is 30.5 Å².